The molecule has 0 aliphatic carbocycles. The third-order valence-electron chi connectivity index (χ3n) is 3.51. The van der Waals surface area contributed by atoms with E-state index in [4.69, 9.17) is 0 Å². The number of nitrogens with one attached hydrogen (secondary N) is 3. The van der Waals surface area contributed by atoms with Gasteiger partial charge in [0.1, 0.15) is 0 Å². The monoisotopic (exact) mass is 422 g/mol. The number of benzene rings is 2. The molecular weight excluding hydrogens is 410 g/mol. The van der Waals surface area contributed by atoms with Gasteiger partial charge in [0, 0.05) is 15.7 Å². The molecule has 0 aliphatic rings. The van der Waals surface area contributed by atoms with Crippen LogP contribution in [0.2, 0.25) is 0 Å². The minimum Gasteiger partial charge on any atom is -0.343 e. The van der Waals surface area contributed by atoms with Crippen LogP contribution in [0.3, 0.4) is 0 Å². The van der Waals surface area contributed by atoms with Crippen molar-refractivity contribution in [2.75, 3.05) is 11.9 Å². The van der Waals surface area contributed by atoms with Crippen LogP contribution < -0.4 is 10.6 Å². The van der Waals surface area contributed by atoms with Gasteiger partial charge in [-0.25, -0.2) is 13.8 Å². The number of hydrogen-bond acceptors (Lipinski definition) is 3. The van der Waals surface area contributed by atoms with Crippen molar-refractivity contribution >= 4 is 44.5 Å². The van der Waals surface area contributed by atoms with Crippen molar-refractivity contribution in [1.29, 1.82) is 0 Å². The topological polar surface area (TPSA) is 86.9 Å². The minimum absolute atomic E-state index is 0.224. The number of fused-ring (bicyclic) bond motifs is 1. The Hall–Kier alpha value is -2.81. The number of rotatable bonds is 5. The molecule has 0 unspecified atom stereocenters. The quantitative estimate of drug-likeness (QED) is 0.586. The number of carbonyl (C=O) groups excluding carboxylic acids is 2. The number of anilines is 1. The normalized spacial score (nSPS) is 10.9. The summed E-state index contributed by atoms with van der Waals surface area (Å²) >= 11 is 3.30. The molecule has 0 aliphatic heterocycles. The molecule has 26 heavy (non-hydrogen) atoms. The van der Waals surface area contributed by atoms with Crippen LogP contribution in [0.25, 0.3) is 11.0 Å². The molecule has 2 amide bonds. The van der Waals surface area contributed by atoms with Gasteiger partial charge >= 0.3 is 0 Å². The fourth-order valence-corrected chi connectivity index (χ4v) is 2.54. The third kappa shape index (κ3) is 4.23. The summed E-state index contributed by atoms with van der Waals surface area (Å²) in [6.45, 7) is -0.224. The largest absolute Gasteiger partial charge is 0.343 e. The van der Waals surface area contributed by atoms with Gasteiger partial charge in [0.25, 0.3) is 12.3 Å². The van der Waals surface area contributed by atoms with E-state index >= 15 is 0 Å². The van der Waals surface area contributed by atoms with Gasteiger partial charge in [0.2, 0.25) is 5.91 Å². The maximum absolute atomic E-state index is 12.7. The van der Waals surface area contributed by atoms with Crippen molar-refractivity contribution in [3.8, 4) is 0 Å². The minimum atomic E-state index is -2.72. The number of halogens is 3. The zero-order chi connectivity index (χ0) is 18.7. The number of amides is 2. The molecular formula is C17H13BrF2N4O2. The summed E-state index contributed by atoms with van der Waals surface area (Å²) in [4.78, 5) is 30.2. The Labute approximate surface area is 155 Å². The molecule has 0 radical (unpaired) electrons. The first kappa shape index (κ1) is 18.0. The summed E-state index contributed by atoms with van der Waals surface area (Å²) in [5, 5.41) is 5.13. The SMILES string of the molecule is O=C(CNC(=O)c1ccc2nc(C(F)F)[nH]c2c1)Nc1ccc(Br)cc1. The van der Waals surface area contributed by atoms with Crippen LogP contribution in [0.15, 0.2) is 46.9 Å². The average Bonchev–Trinajstić information content (AvgIpc) is 3.05. The van der Waals surface area contributed by atoms with Gasteiger partial charge in [-0.2, -0.15) is 0 Å². The Bertz CT molecular complexity index is 957. The molecule has 3 aromatic rings. The molecule has 134 valence electrons. The van der Waals surface area contributed by atoms with Crippen molar-refractivity contribution < 1.29 is 18.4 Å². The summed E-state index contributed by atoms with van der Waals surface area (Å²) in [7, 11) is 0. The van der Waals surface area contributed by atoms with Crippen molar-refractivity contribution in [2.45, 2.75) is 6.43 Å². The lowest BCUT2D eigenvalue weighted by atomic mass is 10.2. The summed E-state index contributed by atoms with van der Waals surface area (Å²) in [5.41, 5.74) is 1.50. The molecule has 0 spiro atoms. The summed E-state index contributed by atoms with van der Waals surface area (Å²) in [6, 6.07) is 11.3. The second-order valence-electron chi connectivity index (χ2n) is 5.39. The lowest BCUT2D eigenvalue weighted by molar-refractivity contribution is -0.115. The van der Waals surface area contributed by atoms with E-state index in [0.717, 1.165) is 4.47 Å². The van der Waals surface area contributed by atoms with E-state index in [-0.39, 0.29) is 18.0 Å². The highest BCUT2D eigenvalue weighted by Gasteiger charge is 2.14. The first-order valence-corrected chi connectivity index (χ1v) is 8.33. The smallest absolute Gasteiger partial charge is 0.295 e. The van der Waals surface area contributed by atoms with Crippen LogP contribution in [-0.4, -0.2) is 28.3 Å². The van der Waals surface area contributed by atoms with Crippen LogP contribution in [-0.2, 0) is 4.79 Å². The number of carbonyl (C=O) groups is 2. The highest BCUT2D eigenvalue weighted by atomic mass is 79.9. The van der Waals surface area contributed by atoms with Crippen LogP contribution >= 0.6 is 15.9 Å². The number of aromatic nitrogens is 2. The van der Waals surface area contributed by atoms with Crippen molar-refractivity contribution in [3.05, 3.63) is 58.3 Å². The van der Waals surface area contributed by atoms with E-state index < -0.39 is 18.2 Å². The van der Waals surface area contributed by atoms with E-state index in [1.807, 2.05) is 0 Å². The van der Waals surface area contributed by atoms with E-state index in [2.05, 4.69) is 36.5 Å². The van der Waals surface area contributed by atoms with Crippen molar-refractivity contribution in [3.63, 3.8) is 0 Å². The highest BCUT2D eigenvalue weighted by molar-refractivity contribution is 9.10. The van der Waals surface area contributed by atoms with Gasteiger partial charge in [0.15, 0.2) is 5.82 Å². The van der Waals surface area contributed by atoms with Gasteiger partial charge in [-0.1, -0.05) is 15.9 Å². The number of alkyl halides is 2. The van der Waals surface area contributed by atoms with Gasteiger partial charge in [-0.3, -0.25) is 9.59 Å². The van der Waals surface area contributed by atoms with Crippen LogP contribution in [0.1, 0.15) is 22.6 Å². The number of H-pyrrole nitrogens is 1. The predicted octanol–water partition coefficient (Wildman–Crippen LogP) is 3.63. The van der Waals surface area contributed by atoms with E-state index in [9.17, 15) is 18.4 Å². The Kier molecular flexibility index (Phi) is 5.27. The van der Waals surface area contributed by atoms with E-state index in [0.29, 0.717) is 16.7 Å². The standard InChI is InChI=1S/C17H13BrF2N4O2/c18-10-2-4-11(5-3-10)22-14(25)8-21-17(26)9-1-6-12-13(7-9)24-16(23-12)15(19)20/h1-7,15H,8H2,(H,21,26)(H,22,25)(H,23,24). The second-order valence-corrected chi connectivity index (χ2v) is 6.31. The Balaban J connectivity index is 1.61. The lowest BCUT2D eigenvalue weighted by Crippen LogP contribution is -2.32. The molecule has 2 aromatic carbocycles. The fourth-order valence-electron chi connectivity index (χ4n) is 2.27. The molecule has 0 saturated heterocycles. The Morgan fingerprint density at radius 2 is 1.88 bits per heavy atom. The van der Waals surface area contributed by atoms with Gasteiger partial charge in [-0.05, 0) is 42.5 Å². The first-order chi connectivity index (χ1) is 12.4. The molecule has 3 rings (SSSR count). The van der Waals surface area contributed by atoms with Crippen LogP contribution in [0.5, 0.6) is 0 Å². The summed E-state index contributed by atoms with van der Waals surface area (Å²) in [6.07, 6.45) is -2.72. The lowest BCUT2D eigenvalue weighted by Gasteiger charge is -2.07. The maximum atomic E-state index is 12.7. The summed E-state index contributed by atoms with van der Waals surface area (Å²) < 4.78 is 26.2. The fraction of sp³-hybridized carbons (Fsp3) is 0.118. The zero-order valence-corrected chi connectivity index (χ0v) is 14.8. The van der Waals surface area contributed by atoms with Crippen molar-refractivity contribution in [2.24, 2.45) is 0 Å². The number of imidazole rings is 1. The molecule has 3 N–H and O–H groups in total. The van der Waals surface area contributed by atoms with E-state index in [1.54, 1.807) is 24.3 Å². The molecule has 0 fully saturated rings. The number of nitrogens with zero attached hydrogens (tertiary/aromatic N) is 1. The van der Waals surface area contributed by atoms with Gasteiger partial charge < -0.3 is 15.6 Å². The highest BCUT2D eigenvalue weighted by Crippen LogP contribution is 2.20. The second kappa shape index (κ2) is 7.61. The molecule has 1 heterocycles. The van der Waals surface area contributed by atoms with Crippen LogP contribution in [0.4, 0.5) is 14.5 Å². The Morgan fingerprint density at radius 1 is 1.15 bits per heavy atom. The maximum Gasteiger partial charge on any atom is 0.295 e. The molecule has 0 saturated carbocycles. The zero-order valence-electron chi connectivity index (χ0n) is 13.2. The average molecular weight is 423 g/mol. The molecule has 6 nitrogen and oxygen atoms in total. The third-order valence-corrected chi connectivity index (χ3v) is 4.04. The number of aromatic amines is 1. The van der Waals surface area contributed by atoms with Gasteiger partial charge in [-0.15, -0.1) is 0 Å². The van der Waals surface area contributed by atoms with Crippen molar-refractivity contribution in [1.82, 2.24) is 15.3 Å². The van der Waals surface area contributed by atoms with Crippen LogP contribution in [0, 0.1) is 0 Å². The predicted molar refractivity (Wildman–Crippen MR) is 96.2 cm³/mol. The first-order valence-electron chi connectivity index (χ1n) is 7.54. The molecule has 1 aromatic heterocycles. The summed E-state index contributed by atoms with van der Waals surface area (Å²) in [5.74, 6) is -1.33. The molecule has 9 heteroatoms. The van der Waals surface area contributed by atoms with Gasteiger partial charge in [0.05, 0.1) is 17.6 Å². The molecule has 0 bridgehead atoms. The number of hydrogen-bond donors (Lipinski definition) is 3. The molecule has 0 atom stereocenters. The Morgan fingerprint density at radius 3 is 2.58 bits per heavy atom. The van der Waals surface area contributed by atoms with E-state index in [1.165, 1.54) is 18.2 Å².